The maximum atomic E-state index is 13.1. The number of hydrogen-bond donors (Lipinski definition) is 0. The quantitative estimate of drug-likeness (QED) is 0.803. The first-order chi connectivity index (χ1) is 8.16. The largest absolute Gasteiger partial charge is 0.354 e. The third-order valence-electron chi connectivity index (χ3n) is 2.32. The van der Waals surface area contributed by atoms with E-state index in [1.807, 2.05) is 18.0 Å². The zero-order chi connectivity index (χ0) is 12.3. The molecule has 0 aliphatic heterocycles. The zero-order valence-electron chi connectivity index (χ0n) is 9.27. The molecule has 17 heavy (non-hydrogen) atoms. The van der Waals surface area contributed by atoms with Crippen LogP contribution in [0.25, 0.3) is 0 Å². The van der Waals surface area contributed by atoms with Gasteiger partial charge >= 0.3 is 0 Å². The summed E-state index contributed by atoms with van der Waals surface area (Å²) in [5.74, 6) is 0.637. The van der Waals surface area contributed by atoms with Crippen molar-refractivity contribution in [2.75, 3.05) is 11.9 Å². The summed E-state index contributed by atoms with van der Waals surface area (Å²) < 4.78 is 14.0. The molecule has 0 saturated carbocycles. The highest BCUT2D eigenvalue weighted by Gasteiger charge is 2.07. The van der Waals surface area contributed by atoms with Crippen molar-refractivity contribution in [3.63, 3.8) is 0 Å². The molecule has 1 aromatic heterocycles. The van der Waals surface area contributed by atoms with Crippen LogP contribution in [0, 0.1) is 9.39 Å². The Morgan fingerprint density at radius 2 is 2.24 bits per heavy atom. The van der Waals surface area contributed by atoms with Gasteiger partial charge in [-0.2, -0.15) is 0 Å². The van der Waals surface area contributed by atoms with Crippen LogP contribution in [0.5, 0.6) is 0 Å². The molecule has 88 valence electrons. The van der Waals surface area contributed by atoms with Gasteiger partial charge in [0.15, 0.2) is 0 Å². The molecule has 0 spiro atoms. The SMILES string of the molecule is CN(Cc1cccc(F)c1)c1ncncc1I. The molecule has 0 bridgehead atoms. The van der Waals surface area contributed by atoms with Crippen LogP contribution in [0.15, 0.2) is 36.8 Å². The van der Waals surface area contributed by atoms with Gasteiger partial charge in [-0.05, 0) is 40.3 Å². The minimum atomic E-state index is -0.215. The lowest BCUT2D eigenvalue weighted by Gasteiger charge is -2.19. The predicted octanol–water partition coefficient (Wildman–Crippen LogP) is 2.86. The van der Waals surface area contributed by atoms with Gasteiger partial charge in [-0.3, -0.25) is 0 Å². The summed E-state index contributed by atoms with van der Waals surface area (Å²) >= 11 is 2.18. The van der Waals surface area contributed by atoms with Crippen LogP contribution in [0.4, 0.5) is 10.2 Å². The fourth-order valence-corrected chi connectivity index (χ4v) is 2.28. The molecule has 0 N–H and O–H groups in total. The smallest absolute Gasteiger partial charge is 0.145 e. The number of benzene rings is 1. The van der Waals surface area contributed by atoms with E-state index < -0.39 is 0 Å². The summed E-state index contributed by atoms with van der Waals surface area (Å²) in [7, 11) is 1.93. The average molecular weight is 343 g/mol. The Hall–Kier alpha value is -1.24. The third kappa shape index (κ3) is 3.12. The molecule has 2 rings (SSSR count). The molecule has 0 aliphatic carbocycles. The topological polar surface area (TPSA) is 29.0 Å². The maximum Gasteiger partial charge on any atom is 0.145 e. The maximum absolute atomic E-state index is 13.1. The van der Waals surface area contributed by atoms with Gasteiger partial charge in [0.05, 0.1) is 3.57 Å². The van der Waals surface area contributed by atoms with Gasteiger partial charge in [-0.1, -0.05) is 12.1 Å². The Kier molecular flexibility index (Phi) is 3.88. The molecule has 3 nitrogen and oxygen atoms in total. The van der Waals surface area contributed by atoms with Crippen LogP contribution in [0.3, 0.4) is 0 Å². The lowest BCUT2D eigenvalue weighted by Crippen LogP contribution is -2.19. The van der Waals surface area contributed by atoms with Crippen molar-refractivity contribution in [3.8, 4) is 0 Å². The molecule has 0 saturated heterocycles. The number of halogens is 2. The Morgan fingerprint density at radius 3 is 2.94 bits per heavy atom. The second-order valence-corrected chi connectivity index (χ2v) is 4.84. The molecular formula is C12H11FIN3. The van der Waals surface area contributed by atoms with Crippen LogP contribution >= 0.6 is 22.6 Å². The Morgan fingerprint density at radius 1 is 1.41 bits per heavy atom. The lowest BCUT2D eigenvalue weighted by atomic mass is 10.2. The molecule has 0 aliphatic rings. The third-order valence-corrected chi connectivity index (χ3v) is 3.08. The van der Waals surface area contributed by atoms with Crippen molar-refractivity contribution in [2.45, 2.75) is 6.54 Å². The highest BCUT2D eigenvalue weighted by molar-refractivity contribution is 14.1. The average Bonchev–Trinajstić information content (AvgIpc) is 2.29. The lowest BCUT2D eigenvalue weighted by molar-refractivity contribution is 0.625. The molecule has 0 amide bonds. The molecule has 0 unspecified atom stereocenters. The van der Waals surface area contributed by atoms with E-state index in [1.54, 1.807) is 12.3 Å². The summed E-state index contributed by atoms with van der Waals surface area (Å²) in [6, 6.07) is 6.58. The number of nitrogens with zero attached hydrogens (tertiary/aromatic N) is 3. The highest BCUT2D eigenvalue weighted by Crippen LogP contribution is 2.18. The minimum Gasteiger partial charge on any atom is -0.354 e. The second kappa shape index (κ2) is 5.39. The summed E-state index contributed by atoms with van der Waals surface area (Å²) in [6.45, 7) is 0.616. The summed E-state index contributed by atoms with van der Waals surface area (Å²) in [6.07, 6.45) is 3.27. The normalized spacial score (nSPS) is 10.3. The molecule has 2 aromatic rings. The molecule has 5 heteroatoms. The van der Waals surface area contributed by atoms with Gasteiger partial charge in [0, 0.05) is 19.8 Å². The highest BCUT2D eigenvalue weighted by atomic mass is 127. The second-order valence-electron chi connectivity index (χ2n) is 3.68. The molecule has 1 heterocycles. The van der Waals surface area contributed by atoms with Gasteiger partial charge in [0.2, 0.25) is 0 Å². The van der Waals surface area contributed by atoms with E-state index in [-0.39, 0.29) is 5.82 Å². The molecular weight excluding hydrogens is 332 g/mol. The van der Waals surface area contributed by atoms with Gasteiger partial charge in [0.1, 0.15) is 18.0 Å². The number of rotatable bonds is 3. The van der Waals surface area contributed by atoms with Crippen LogP contribution in [0.1, 0.15) is 5.56 Å². The van der Waals surface area contributed by atoms with E-state index in [0.29, 0.717) is 6.54 Å². The fourth-order valence-electron chi connectivity index (χ4n) is 1.57. The van der Waals surface area contributed by atoms with Gasteiger partial charge < -0.3 is 4.90 Å². The van der Waals surface area contributed by atoms with Crippen LogP contribution < -0.4 is 4.90 Å². The van der Waals surface area contributed by atoms with E-state index in [0.717, 1.165) is 15.0 Å². The van der Waals surface area contributed by atoms with Gasteiger partial charge in [0.25, 0.3) is 0 Å². The standard InChI is InChI=1S/C12H11FIN3/c1-17(12-11(14)6-15-8-16-12)7-9-3-2-4-10(13)5-9/h2-6,8H,7H2,1H3. The fraction of sp³-hybridized carbons (Fsp3) is 0.167. The van der Waals surface area contributed by atoms with Gasteiger partial charge in [-0.15, -0.1) is 0 Å². The van der Waals surface area contributed by atoms with E-state index in [9.17, 15) is 4.39 Å². The van der Waals surface area contributed by atoms with E-state index >= 15 is 0 Å². The van der Waals surface area contributed by atoms with Gasteiger partial charge in [-0.25, -0.2) is 14.4 Å². The monoisotopic (exact) mass is 343 g/mol. The van der Waals surface area contributed by atoms with Crippen molar-refractivity contribution < 1.29 is 4.39 Å². The number of hydrogen-bond acceptors (Lipinski definition) is 3. The van der Waals surface area contributed by atoms with E-state index in [1.165, 1.54) is 18.5 Å². The summed E-state index contributed by atoms with van der Waals surface area (Å²) in [5, 5.41) is 0. The van der Waals surface area contributed by atoms with E-state index in [4.69, 9.17) is 0 Å². The summed E-state index contributed by atoms with van der Waals surface area (Å²) in [4.78, 5) is 10.1. The Labute approximate surface area is 113 Å². The first-order valence-corrected chi connectivity index (χ1v) is 6.16. The van der Waals surface area contributed by atoms with Crippen LogP contribution in [-0.2, 0) is 6.54 Å². The predicted molar refractivity (Wildman–Crippen MR) is 73.3 cm³/mol. The van der Waals surface area contributed by atoms with Crippen LogP contribution in [0.2, 0.25) is 0 Å². The molecule has 0 atom stereocenters. The first kappa shape index (κ1) is 12.2. The van der Waals surface area contributed by atoms with Crippen molar-refractivity contribution in [2.24, 2.45) is 0 Å². The van der Waals surface area contributed by atoms with E-state index in [2.05, 4.69) is 32.6 Å². The van der Waals surface area contributed by atoms with Crippen molar-refractivity contribution >= 4 is 28.4 Å². The van der Waals surface area contributed by atoms with Crippen molar-refractivity contribution in [3.05, 3.63) is 51.7 Å². The molecule has 1 aromatic carbocycles. The molecule has 0 radical (unpaired) electrons. The number of aromatic nitrogens is 2. The van der Waals surface area contributed by atoms with Crippen molar-refractivity contribution in [1.29, 1.82) is 0 Å². The first-order valence-electron chi connectivity index (χ1n) is 5.08. The Bertz CT molecular complexity index is 519. The molecule has 0 fully saturated rings. The minimum absolute atomic E-state index is 0.215. The zero-order valence-corrected chi connectivity index (χ0v) is 11.4. The Balaban J connectivity index is 2.17. The van der Waals surface area contributed by atoms with Crippen molar-refractivity contribution in [1.82, 2.24) is 9.97 Å². The van der Waals surface area contributed by atoms with Crippen LogP contribution in [-0.4, -0.2) is 17.0 Å². The number of anilines is 1. The summed E-state index contributed by atoms with van der Waals surface area (Å²) in [5.41, 5.74) is 0.918.